The number of likely N-dealkylation sites (tertiary alicyclic amines) is 1. The highest BCUT2D eigenvalue weighted by Gasteiger charge is 2.35. The first-order chi connectivity index (χ1) is 14.7. The first kappa shape index (κ1) is 22.8. The van der Waals surface area contributed by atoms with E-state index in [1.165, 1.54) is 6.07 Å². The molecular formula is C25H32FN3O2. The maximum absolute atomic E-state index is 13.8. The van der Waals surface area contributed by atoms with Gasteiger partial charge >= 0.3 is 6.03 Å². The number of hydrogen-bond donors (Lipinski definition) is 2. The monoisotopic (exact) mass is 425 g/mol. The Morgan fingerprint density at radius 3 is 2.58 bits per heavy atom. The molecule has 0 bridgehead atoms. The molecule has 0 aromatic heterocycles. The minimum Gasteiger partial charge on any atom is -0.352 e. The number of urea groups is 1. The maximum atomic E-state index is 13.8. The molecule has 166 valence electrons. The Hall–Kier alpha value is -2.89. The first-order valence-electron chi connectivity index (χ1n) is 10.9. The molecule has 3 amide bonds. The Bertz CT molecular complexity index is 944. The standard InChI is InChI=1S/C25H32FN3O2/c1-16(2)28-25(31)29-15-21(24(30)27-14-19-7-5-6-17(3)12-19)9-11-23(29)20-8-10-22(26)18(4)13-20/h5-8,10,12-13,16,21,23H,9,11,14-15H2,1-4H3,(H,27,30)(H,28,31). The van der Waals surface area contributed by atoms with Crippen LogP contribution in [0.5, 0.6) is 0 Å². The summed E-state index contributed by atoms with van der Waals surface area (Å²) in [5.41, 5.74) is 3.66. The number of aryl methyl sites for hydroxylation is 2. The predicted molar refractivity (Wildman–Crippen MR) is 120 cm³/mol. The van der Waals surface area contributed by atoms with Gasteiger partial charge in [-0.3, -0.25) is 4.79 Å². The smallest absolute Gasteiger partial charge is 0.318 e. The number of piperidine rings is 1. The topological polar surface area (TPSA) is 61.4 Å². The van der Waals surface area contributed by atoms with E-state index in [1.54, 1.807) is 24.0 Å². The lowest BCUT2D eigenvalue weighted by atomic mass is 9.88. The fraction of sp³-hybridized carbons (Fsp3) is 0.440. The number of benzene rings is 2. The van der Waals surface area contributed by atoms with Gasteiger partial charge in [0.25, 0.3) is 0 Å². The summed E-state index contributed by atoms with van der Waals surface area (Å²) in [6, 6.07) is 12.6. The molecule has 2 N–H and O–H groups in total. The van der Waals surface area contributed by atoms with Crippen molar-refractivity contribution in [2.75, 3.05) is 6.54 Å². The van der Waals surface area contributed by atoms with E-state index < -0.39 is 0 Å². The summed E-state index contributed by atoms with van der Waals surface area (Å²) in [4.78, 5) is 27.5. The molecule has 5 nitrogen and oxygen atoms in total. The molecule has 0 spiro atoms. The Balaban J connectivity index is 1.73. The Labute approximate surface area is 184 Å². The number of amides is 3. The highest BCUT2D eigenvalue weighted by atomic mass is 19.1. The molecule has 0 radical (unpaired) electrons. The molecule has 1 fully saturated rings. The number of nitrogens with zero attached hydrogens (tertiary/aromatic N) is 1. The van der Waals surface area contributed by atoms with Gasteiger partial charge in [-0.05, 0) is 63.3 Å². The zero-order valence-electron chi connectivity index (χ0n) is 18.7. The van der Waals surface area contributed by atoms with Gasteiger partial charge in [0.05, 0.1) is 12.0 Å². The van der Waals surface area contributed by atoms with E-state index in [1.807, 2.05) is 39.0 Å². The molecule has 0 saturated carbocycles. The summed E-state index contributed by atoms with van der Waals surface area (Å²) >= 11 is 0. The summed E-state index contributed by atoms with van der Waals surface area (Å²) in [5.74, 6) is -0.579. The van der Waals surface area contributed by atoms with Gasteiger partial charge in [-0.15, -0.1) is 0 Å². The third-order valence-electron chi connectivity index (χ3n) is 5.74. The lowest BCUT2D eigenvalue weighted by Gasteiger charge is -2.40. The van der Waals surface area contributed by atoms with Crippen LogP contribution in [-0.2, 0) is 11.3 Å². The summed E-state index contributed by atoms with van der Waals surface area (Å²) in [7, 11) is 0. The van der Waals surface area contributed by atoms with Crippen molar-refractivity contribution in [1.82, 2.24) is 15.5 Å². The van der Waals surface area contributed by atoms with Crippen LogP contribution in [0.25, 0.3) is 0 Å². The van der Waals surface area contributed by atoms with Gasteiger partial charge < -0.3 is 15.5 Å². The van der Waals surface area contributed by atoms with Crippen LogP contribution < -0.4 is 10.6 Å². The van der Waals surface area contributed by atoms with Crippen molar-refractivity contribution in [3.8, 4) is 0 Å². The molecule has 2 aromatic rings. The van der Waals surface area contributed by atoms with E-state index in [0.29, 0.717) is 31.5 Å². The van der Waals surface area contributed by atoms with Gasteiger partial charge in [0.15, 0.2) is 0 Å². The molecule has 2 atom stereocenters. The molecule has 1 heterocycles. The minimum atomic E-state index is -0.277. The molecule has 3 rings (SSSR count). The lowest BCUT2D eigenvalue weighted by Crippen LogP contribution is -2.51. The molecule has 0 aliphatic carbocycles. The number of carbonyl (C=O) groups is 2. The van der Waals surface area contributed by atoms with Gasteiger partial charge in [0.1, 0.15) is 5.82 Å². The number of nitrogens with one attached hydrogen (secondary N) is 2. The van der Waals surface area contributed by atoms with Crippen LogP contribution in [0, 0.1) is 25.6 Å². The summed E-state index contributed by atoms with van der Waals surface area (Å²) in [5, 5.41) is 5.96. The molecule has 1 aliphatic rings. The molecule has 6 heteroatoms. The van der Waals surface area contributed by atoms with Crippen molar-refractivity contribution in [1.29, 1.82) is 0 Å². The fourth-order valence-electron chi connectivity index (χ4n) is 4.12. The number of carbonyl (C=O) groups excluding carboxylic acids is 2. The Morgan fingerprint density at radius 1 is 1.13 bits per heavy atom. The van der Waals surface area contributed by atoms with Crippen molar-refractivity contribution < 1.29 is 14.0 Å². The first-order valence-corrected chi connectivity index (χ1v) is 10.9. The van der Waals surface area contributed by atoms with E-state index in [0.717, 1.165) is 16.7 Å². The number of halogens is 1. The van der Waals surface area contributed by atoms with E-state index in [9.17, 15) is 14.0 Å². The number of hydrogen-bond acceptors (Lipinski definition) is 2. The van der Waals surface area contributed by atoms with Crippen molar-refractivity contribution in [3.05, 3.63) is 70.5 Å². The molecule has 1 saturated heterocycles. The fourth-order valence-corrected chi connectivity index (χ4v) is 4.12. The third kappa shape index (κ3) is 5.84. The van der Waals surface area contributed by atoms with E-state index in [2.05, 4.69) is 16.7 Å². The Kier molecular flexibility index (Phi) is 7.31. The second-order valence-corrected chi connectivity index (χ2v) is 8.76. The van der Waals surface area contributed by atoms with Crippen LogP contribution in [0.3, 0.4) is 0 Å². The zero-order chi connectivity index (χ0) is 22.5. The Morgan fingerprint density at radius 2 is 1.90 bits per heavy atom. The number of rotatable bonds is 5. The zero-order valence-corrected chi connectivity index (χ0v) is 18.7. The maximum Gasteiger partial charge on any atom is 0.318 e. The van der Waals surface area contributed by atoms with Gasteiger partial charge in [-0.2, -0.15) is 0 Å². The van der Waals surface area contributed by atoms with Crippen LogP contribution in [0.15, 0.2) is 42.5 Å². The van der Waals surface area contributed by atoms with E-state index in [4.69, 9.17) is 0 Å². The second-order valence-electron chi connectivity index (χ2n) is 8.76. The van der Waals surface area contributed by atoms with Crippen molar-refractivity contribution in [2.24, 2.45) is 5.92 Å². The quantitative estimate of drug-likeness (QED) is 0.734. The normalized spacial score (nSPS) is 18.7. The minimum absolute atomic E-state index is 0.0152. The predicted octanol–water partition coefficient (Wildman–Crippen LogP) is 4.63. The average Bonchev–Trinajstić information content (AvgIpc) is 2.73. The van der Waals surface area contributed by atoms with Gasteiger partial charge in [0.2, 0.25) is 5.91 Å². The van der Waals surface area contributed by atoms with Crippen molar-refractivity contribution in [3.63, 3.8) is 0 Å². The largest absolute Gasteiger partial charge is 0.352 e. The average molecular weight is 426 g/mol. The highest BCUT2D eigenvalue weighted by molar-refractivity contribution is 5.81. The molecular weight excluding hydrogens is 393 g/mol. The van der Waals surface area contributed by atoms with Gasteiger partial charge in [-0.25, -0.2) is 9.18 Å². The second kappa shape index (κ2) is 9.94. The van der Waals surface area contributed by atoms with Crippen molar-refractivity contribution in [2.45, 2.75) is 59.2 Å². The van der Waals surface area contributed by atoms with Crippen LogP contribution in [0.4, 0.5) is 9.18 Å². The van der Waals surface area contributed by atoms with E-state index >= 15 is 0 Å². The molecule has 1 aliphatic heterocycles. The lowest BCUT2D eigenvalue weighted by molar-refractivity contribution is -0.126. The van der Waals surface area contributed by atoms with Crippen molar-refractivity contribution >= 4 is 11.9 Å². The van der Waals surface area contributed by atoms with Gasteiger partial charge in [0, 0.05) is 19.1 Å². The molecule has 2 aromatic carbocycles. The van der Waals surface area contributed by atoms with Crippen LogP contribution in [-0.4, -0.2) is 29.4 Å². The molecule has 31 heavy (non-hydrogen) atoms. The van der Waals surface area contributed by atoms with Crippen LogP contribution >= 0.6 is 0 Å². The summed E-state index contributed by atoms with van der Waals surface area (Å²) in [6.45, 7) is 8.36. The summed E-state index contributed by atoms with van der Waals surface area (Å²) < 4.78 is 13.8. The third-order valence-corrected chi connectivity index (χ3v) is 5.74. The van der Waals surface area contributed by atoms with E-state index in [-0.39, 0.29) is 35.8 Å². The highest BCUT2D eigenvalue weighted by Crippen LogP contribution is 2.34. The van der Waals surface area contributed by atoms with Crippen LogP contribution in [0.2, 0.25) is 0 Å². The van der Waals surface area contributed by atoms with Crippen LogP contribution in [0.1, 0.15) is 55.0 Å². The SMILES string of the molecule is Cc1cccc(CNC(=O)C2CCC(c3ccc(F)c(C)c3)N(C(=O)NC(C)C)C2)c1. The summed E-state index contributed by atoms with van der Waals surface area (Å²) in [6.07, 6.45) is 1.32. The molecule has 2 unspecified atom stereocenters. The van der Waals surface area contributed by atoms with Gasteiger partial charge in [-0.1, -0.05) is 42.0 Å².